The topological polar surface area (TPSA) is 116 Å². The number of aromatic nitrogens is 2. The molecular weight excluding hydrogens is 583 g/mol. The number of nitrogens with zero attached hydrogens (tertiary/aromatic N) is 3. The van der Waals surface area contributed by atoms with Crippen LogP contribution in [-0.4, -0.2) is 98.5 Å². The molecular formula is C30H40F3N5O6. The molecule has 2 N–H and O–H groups in total. The summed E-state index contributed by atoms with van der Waals surface area (Å²) in [5.74, 6) is 0.189. The van der Waals surface area contributed by atoms with Crippen LogP contribution in [0.15, 0.2) is 30.6 Å². The van der Waals surface area contributed by atoms with Crippen molar-refractivity contribution in [3.63, 3.8) is 0 Å². The van der Waals surface area contributed by atoms with Crippen molar-refractivity contribution in [2.24, 2.45) is 0 Å². The number of halogens is 3. The van der Waals surface area contributed by atoms with E-state index < -0.39 is 6.36 Å². The van der Waals surface area contributed by atoms with Crippen molar-refractivity contribution < 1.29 is 41.7 Å². The van der Waals surface area contributed by atoms with E-state index in [0.717, 1.165) is 44.1 Å². The number of benzene rings is 1. The van der Waals surface area contributed by atoms with E-state index in [4.69, 9.17) is 18.9 Å². The number of methoxy groups -OCH3 is 2. The largest absolute Gasteiger partial charge is 0.573 e. The van der Waals surface area contributed by atoms with Crippen LogP contribution in [0.3, 0.4) is 0 Å². The molecule has 3 saturated heterocycles. The smallest absolute Gasteiger partial charge is 0.491 e. The Labute approximate surface area is 254 Å². The zero-order chi connectivity index (χ0) is 31.1. The lowest BCUT2D eigenvalue weighted by atomic mass is 9.98. The molecule has 1 amide bonds. The zero-order valence-electron chi connectivity index (χ0n) is 25.0. The van der Waals surface area contributed by atoms with Gasteiger partial charge in [0, 0.05) is 45.4 Å². The van der Waals surface area contributed by atoms with E-state index in [0.29, 0.717) is 38.7 Å². The quantitative estimate of drug-likeness (QED) is 0.401. The monoisotopic (exact) mass is 623 g/mol. The molecule has 0 radical (unpaired) electrons. The molecule has 242 valence electrons. The highest BCUT2D eigenvalue weighted by molar-refractivity contribution is 5.96. The normalized spacial score (nSPS) is 25.0. The highest BCUT2D eigenvalue weighted by Gasteiger charge is 2.33. The number of alkyl halides is 3. The number of hydrogen-bond acceptors (Lipinski definition) is 10. The lowest BCUT2D eigenvalue weighted by molar-refractivity contribution is -0.274. The Kier molecular flexibility index (Phi) is 10.8. The molecule has 3 fully saturated rings. The summed E-state index contributed by atoms with van der Waals surface area (Å²) in [5.41, 5.74) is 0.978. The summed E-state index contributed by atoms with van der Waals surface area (Å²) in [6.07, 6.45) is 1.14. The van der Waals surface area contributed by atoms with Crippen molar-refractivity contribution in [3.8, 4) is 11.5 Å². The van der Waals surface area contributed by atoms with Crippen molar-refractivity contribution in [1.29, 1.82) is 0 Å². The maximum atomic E-state index is 13.5. The molecule has 1 aromatic carbocycles. The summed E-state index contributed by atoms with van der Waals surface area (Å²) in [6, 6.07) is 6.29. The van der Waals surface area contributed by atoms with Crippen LogP contribution >= 0.6 is 0 Å². The minimum atomic E-state index is -4.74. The van der Waals surface area contributed by atoms with Crippen LogP contribution in [0, 0.1) is 0 Å². The van der Waals surface area contributed by atoms with Gasteiger partial charge < -0.3 is 39.2 Å². The first-order valence-corrected chi connectivity index (χ1v) is 15.0. The fraction of sp³-hybridized carbons (Fsp3) is 0.633. The van der Waals surface area contributed by atoms with Gasteiger partial charge in [-0.1, -0.05) is 12.1 Å². The van der Waals surface area contributed by atoms with Crippen molar-refractivity contribution in [2.45, 2.75) is 75.3 Å². The number of likely N-dealkylation sites (tertiary alicyclic amines) is 1. The fourth-order valence-electron chi connectivity index (χ4n) is 6.07. The van der Waals surface area contributed by atoms with Crippen LogP contribution in [0.1, 0.15) is 60.7 Å². The summed E-state index contributed by atoms with van der Waals surface area (Å²) >= 11 is 0. The number of nitrogens with one attached hydrogen (secondary N) is 2. The van der Waals surface area contributed by atoms with Crippen molar-refractivity contribution in [1.82, 2.24) is 20.2 Å². The molecule has 5 rings (SSSR count). The van der Waals surface area contributed by atoms with Gasteiger partial charge in [0.05, 0.1) is 32.0 Å². The van der Waals surface area contributed by atoms with Crippen LogP contribution < -0.4 is 20.1 Å². The van der Waals surface area contributed by atoms with Crippen LogP contribution in [0.25, 0.3) is 0 Å². The first kappa shape index (κ1) is 32.2. The predicted molar refractivity (Wildman–Crippen MR) is 154 cm³/mol. The summed E-state index contributed by atoms with van der Waals surface area (Å²) < 4.78 is 64.4. The molecule has 0 unspecified atom stereocenters. The standard InChI is InChI=1S/C30H40F3N5O6/c1-40-25-17-42-15-12-23(25)37-20-10-13-38(14-11-20)29(39)26-27(41-2)28(36-18-35-26)34-16-22-4-3-5-24(43-22)19-6-8-21(9-7-19)44-30(31,32)33/h6-9,18,20,22-25,37H,3-5,10-17H2,1-2H3,(H,34,35,36)/t22-,23-,24+,25+/m1/s1. The average Bonchev–Trinajstić information content (AvgIpc) is 3.03. The van der Waals surface area contributed by atoms with Gasteiger partial charge in [-0.15, -0.1) is 13.2 Å². The number of rotatable bonds is 10. The summed E-state index contributed by atoms with van der Waals surface area (Å²) in [7, 11) is 3.19. The molecule has 0 aliphatic carbocycles. The first-order valence-electron chi connectivity index (χ1n) is 15.0. The van der Waals surface area contributed by atoms with E-state index in [1.807, 2.05) is 0 Å². The summed E-state index contributed by atoms with van der Waals surface area (Å²) in [4.78, 5) is 23.9. The molecule has 1 aromatic heterocycles. The maximum Gasteiger partial charge on any atom is 0.573 e. The second kappa shape index (κ2) is 14.7. The maximum absolute atomic E-state index is 13.5. The number of anilines is 1. The SMILES string of the molecule is COc1c(NC[C@H]2CCC[C@@H](c3ccc(OC(F)(F)F)cc3)O2)ncnc1C(=O)N1CCC(N[C@@H]2CCOC[C@@H]2OC)CC1. The molecule has 3 aliphatic rings. The summed E-state index contributed by atoms with van der Waals surface area (Å²) in [6.45, 7) is 2.88. The van der Waals surface area contributed by atoms with Crippen molar-refractivity contribution in [3.05, 3.63) is 41.9 Å². The van der Waals surface area contributed by atoms with Crippen LogP contribution in [0.4, 0.5) is 19.0 Å². The minimum Gasteiger partial charge on any atom is -0.491 e. The van der Waals surface area contributed by atoms with Gasteiger partial charge in [0.2, 0.25) is 0 Å². The van der Waals surface area contributed by atoms with E-state index in [1.54, 1.807) is 24.1 Å². The highest BCUT2D eigenvalue weighted by Crippen LogP contribution is 2.34. The third-order valence-corrected chi connectivity index (χ3v) is 8.38. The molecule has 2 aromatic rings. The second-order valence-electron chi connectivity index (χ2n) is 11.3. The van der Waals surface area contributed by atoms with Gasteiger partial charge in [-0.25, -0.2) is 9.97 Å². The zero-order valence-corrected chi connectivity index (χ0v) is 25.0. The Morgan fingerprint density at radius 2 is 1.84 bits per heavy atom. The third-order valence-electron chi connectivity index (χ3n) is 8.38. The van der Waals surface area contributed by atoms with Gasteiger partial charge in [-0.05, 0) is 56.2 Å². The Morgan fingerprint density at radius 3 is 2.55 bits per heavy atom. The minimum absolute atomic E-state index is 0.0257. The van der Waals surface area contributed by atoms with E-state index >= 15 is 0 Å². The van der Waals surface area contributed by atoms with E-state index in [9.17, 15) is 18.0 Å². The molecule has 44 heavy (non-hydrogen) atoms. The van der Waals surface area contributed by atoms with Gasteiger partial charge in [0.25, 0.3) is 5.91 Å². The molecule has 4 atom stereocenters. The molecule has 0 saturated carbocycles. The van der Waals surface area contributed by atoms with Gasteiger partial charge in [-0.2, -0.15) is 0 Å². The molecule has 14 heteroatoms. The van der Waals surface area contributed by atoms with E-state index in [1.165, 1.54) is 25.6 Å². The number of amides is 1. The number of piperidine rings is 1. The molecule has 0 bridgehead atoms. The summed E-state index contributed by atoms with van der Waals surface area (Å²) in [5, 5.41) is 6.95. The molecule has 4 heterocycles. The number of hydrogen-bond donors (Lipinski definition) is 2. The van der Waals surface area contributed by atoms with Gasteiger partial charge >= 0.3 is 6.36 Å². The number of ether oxygens (including phenoxy) is 5. The first-order chi connectivity index (χ1) is 21.2. The lowest BCUT2D eigenvalue weighted by Crippen LogP contribution is -2.54. The molecule has 3 aliphatic heterocycles. The Morgan fingerprint density at radius 1 is 1.07 bits per heavy atom. The highest BCUT2D eigenvalue weighted by atomic mass is 19.4. The molecule has 11 nitrogen and oxygen atoms in total. The van der Waals surface area contributed by atoms with Gasteiger partial charge in [0.15, 0.2) is 17.3 Å². The average molecular weight is 624 g/mol. The van der Waals surface area contributed by atoms with Crippen LogP contribution in [0.5, 0.6) is 11.5 Å². The Hall–Kier alpha value is -3.20. The van der Waals surface area contributed by atoms with Crippen LogP contribution in [0.2, 0.25) is 0 Å². The lowest BCUT2D eigenvalue weighted by Gasteiger charge is -2.38. The van der Waals surface area contributed by atoms with Gasteiger partial charge in [0.1, 0.15) is 12.1 Å². The van der Waals surface area contributed by atoms with Crippen molar-refractivity contribution >= 4 is 11.7 Å². The van der Waals surface area contributed by atoms with E-state index in [2.05, 4.69) is 25.3 Å². The molecule has 0 spiro atoms. The number of carbonyl (C=O) groups excluding carboxylic acids is 1. The number of carbonyl (C=O) groups is 1. The van der Waals surface area contributed by atoms with E-state index in [-0.39, 0.29) is 53.5 Å². The van der Waals surface area contributed by atoms with Gasteiger partial charge in [-0.3, -0.25) is 4.79 Å². The third kappa shape index (κ3) is 8.29. The Balaban J connectivity index is 1.15. The predicted octanol–water partition coefficient (Wildman–Crippen LogP) is 4.10. The van der Waals surface area contributed by atoms with Crippen LogP contribution in [-0.2, 0) is 14.2 Å². The fourth-order valence-corrected chi connectivity index (χ4v) is 6.07. The second-order valence-corrected chi connectivity index (χ2v) is 11.3. The Bertz CT molecular complexity index is 1230. The van der Waals surface area contributed by atoms with Crippen molar-refractivity contribution in [2.75, 3.05) is 52.4 Å².